The Bertz CT molecular complexity index is 1070. The second-order valence-corrected chi connectivity index (χ2v) is 8.83. The number of nitrogens with zero attached hydrogens (tertiary/aromatic N) is 4. The van der Waals surface area contributed by atoms with Crippen molar-refractivity contribution in [1.82, 2.24) is 15.3 Å². The van der Waals surface area contributed by atoms with Crippen LogP contribution in [0.5, 0.6) is 0 Å². The third-order valence-electron chi connectivity index (χ3n) is 5.29. The highest BCUT2D eigenvalue weighted by Gasteiger charge is 2.33. The lowest BCUT2D eigenvalue weighted by Gasteiger charge is -2.23. The van der Waals surface area contributed by atoms with Crippen molar-refractivity contribution in [2.24, 2.45) is 0 Å². The summed E-state index contributed by atoms with van der Waals surface area (Å²) in [4.78, 5) is 24.1. The van der Waals surface area contributed by atoms with E-state index in [2.05, 4.69) is 21.3 Å². The molecule has 0 spiro atoms. The molecule has 0 bridgehead atoms. The zero-order valence-corrected chi connectivity index (χ0v) is 17.4. The molecule has 1 aliphatic rings. The number of hydrogen-bond acceptors (Lipinski definition) is 6. The second kappa shape index (κ2) is 7.80. The number of amides is 1. The zero-order chi connectivity index (χ0) is 20.4. The summed E-state index contributed by atoms with van der Waals surface area (Å²) in [5.74, 6) is 0.0371. The maximum atomic E-state index is 12.8. The Morgan fingerprint density at radius 3 is 2.93 bits per heavy atom. The minimum absolute atomic E-state index is 0.0371. The number of carbonyl (C=O) groups is 1. The molecule has 148 valence electrons. The van der Waals surface area contributed by atoms with E-state index in [9.17, 15) is 10.1 Å². The van der Waals surface area contributed by atoms with Gasteiger partial charge in [0.2, 0.25) is 5.91 Å². The lowest BCUT2D eigenvalue weighted by Crippen LogP contribution is -2.43. The molecule has 4 rings (SSSR count). The van der Waals surface area contributed by atoms with Crippen LogP contribution in [-0.4, -0.2) is 28.5 Å². The molecule has 1 amide bonds. The molecule has 1 N–H and O–H groups in total. The van der Waals surface area contributed by atoms with Crippen molar-refractivity contribution in [2.45, 2.75) is 44.7 Å². The monoisotopic (exact) mass is 405 g/mol. The van der Waals surface area contributed by atoms with Gasteiger partial charge < -0.3 is 10.2 Å². The van der Waals surface area contributed by atoms with Gasteiger partial charge in [-0.15, -0.1) is 0 Å². The normalized spacial score (nSPS) is 16.7. The molecule has 7 heteroatoms. The van der Waals surface area contributed by atoms with Crippen molar-refractivity contribution in [1.29, 1.82) is 5.26 Å². The number of hydrogen-bond donors (Lipinski definition) is 1. The number of rotatable bonds is 5. The van der Waals surface area contributed by atoms with E-state index in [1.807, 2.05) is 50.2 Å². The van der Waals surface area contributed by atoms with E-state index >= 15 is 0 Å². The Kier molecular flexibility index (Phi) is 5.20. The first-order chi connectivity index (χ1) is 14.0. The van der Waals surface area contributed by atoms with Crippen LogP contribution in [0.1, 0.15) is 37.9 Å². The fraction of sp³-hybridized carbons (Fsp3) is 0.364. The highest BCUT2D eigenvalue weighted by Crippen LogP contribution is 2.34. The first-order valence-electron chi connectivity index (χ1n) is 9.74. The van der Waals surface area contributed by atoms with Gasteiger partial charge in [0.1, 0.15) is 6.04 Å². The van der Waals surface area contributed by atoms with Gasteiger partial charge in [-0.1, -0.05) is 41.7 Å². The summed E-state index contributed by atoms with van der Waals surface area (Å²) in [5, 5.41) is 13.3. The fourth-order valence-electron chi connectivity index (χ4n) is 3.52. The number of anilines is 1. The molecular formula is C22H23N5OS. The van der Waals surface area contributed by atoms with Crippen LogP contribution in [0.25, 0.3) is 10.2 Å². The van der Waals surface area contributed by atoms with Crippen LogP contribution in [0.15, 0.2) is 42.6 Å². The van der Waals surface area contributed by atoms with Gasteiger partial charge >= 0.3 is 0 Å². The quantitative estimate of drug-likeness (QED) is 0.699. The first kappa shape index (κ1) is 19.3. The molecule has 29 heavy (non-hydrogen) atoms. The summed E-state index contributed by atoms with van der Waals surface area (Å²) in [6.45, 7) is 5.04. The molecule has 0 unspecified atom stereocenters. The SMILES string of the molecule is CC(C)(C#N)c1cc2nc(N3CCC[C@@H]3C(=O)NCc3ccccc3)sc2cn1. The summed E-state index contributed by atoms with van der Waals surface area (Å²) in [7, 11) is 0. The van der Waals surface area contributed by atoms with Gasteiger partial charge in [0, 0.05) is 19.3 Å². The van der Waals surface area contributed by atoms with E-state index in [0.29, 0.717) is 12.2 Å². The lowest BCUT2D eigenvalue weighted by atomic mass is 9.91. The van der Waals surface area contributed by atoms with Crippen molar-refractivity contribution in [2.75, 3.05) is 11.4 Å². The van der Waals surface area contributed by atoms with Crippen LogP contribution in [0.4, 0.5) is 5.13 Å². The summed E-state index contributed by atoms with van der Waals surface area (Å²) in [6.07, 6.45) is 3.57. The second-order valence-electron chi connectivity index (χ2n) is 7.83. The summed E-state index contributed by atoms with van der Waals surface area (Å²) >= 11 is 1.55. The summed E-state index contributed by atoms with van der Waals surface area (Å²) in [6, 6.07) is 13.9. The van der Waals surface area contributed by atoms with Gasteiger partial charge in [-0.2, -0.15) is 5.26 Å². The van der Waals surface area contributed by atoms with Gasteiger partial charge in [0.15, 0.2) is 5.13 Å². The predicted octanol–water partition coefficient (Wildman–Crippen LogP) is 3.78. The Morgan fingerprint density at radius 1 is 1.38 bits per heavy atom. The molecule has 1 fully saturated rings. The number of carbonyl (C=O) groups excluding carboxylic acids is 1. The standard InChI is InChI=1S/C22H23N5OS/c1-22(2,14-23)19-11-16-18(13-24-19)29-21(26-16)27-10-6-9-17(27)20(28)25-12-15-7-4-3-5-8-15/h3-5,7-8,11,13,17H,6,9-10,12H2,1-2H3,(H,25,28)/t17-/m1/s1. The molecule has 0 radical (unpaired) electrons. The number of fused-ring (bicyclic) bond motifs is 1. The molecule has 2 aromatic heterocycles. The molecule has 0 aliphatic carbocycles. The van der Waals surface area contributed by atoms with E-state index in [1.165, 1.54) is 0 Å². The number of aromatic nitrogens is 2. The summed E-state index contributed by atoms with van der Waals surface area (Å²) in [5.41, 5.74) is 1.96. The Labute approximate surface area is 174 Å². The van der Waals surface area contributed by atoms with Gasteiger partial charge in [-0.3, -0.25) is 9.78 Å². The van der Waals surface area contributed by atoms with Gasteiger partial charge in [-0.05, 0) is 38.3 Å². The molecule has 6 nitrogen and oxygen atoms in total. The maximum absolute atomic E-state index is 12.8. The van der Waals surface area contributed by atoms with Crippen molar-refractivity contribution in [3.63, 3.8) is 0 Å². The zero-order valence-electron chi connectivity index (χ0n) is 16.6. The molecule has 1 aliphatic heterocycles. The molecular weight excluding hydrogens is 382 g/mol. The average Bonchev–Trinajstić information content (AvgIpc) is 3.38. The number of nitriles is 1. The molecule has 3 heterocycles. The van der Waals surface area contributed by atoms with Crippen LogP contribution >= 0.6 is 11.3 Å². The third-order valence-corrected chi connectivity index (χ3v) is 6.34. The third kappa shape index (κ3) is 3.94. The minimum atomic E-state index is -0.661. The fourth-order valence-corrected chi connectivity index (χ4v) is 4.51. The maximum Gasteiger partial charge on any atom is 0.243 e. The van der Waals surface area contributed by atoms with Crippen molar-refractivity contribution in [3.8, 4) is 6.07 Å². The molecule has 3 aromatic rings. The van der Waals surface area contributed by atoms with E-state index in [1.54, 1.807) is 17.5 Å². The highest BCUT2D eigenvalue weighted by molar-refractivity contribution is 7.22. The van der Waals surface area contributed by atoms with Crippen LogP contribution in [0, 0.1) is 11.3 Å². The first-order valence-corrected chi connectivity index (χ1v) is 10.6. The minimum Gasteiger partial charge on any atom is -0.350 e. The Hall–Kier alpha value is -2.98. The Balaban J connectivity index is 1.53. The number of pyridine rings is 1. The average molecular weight is 406 g/mol. The number of benzene rings is 1. The van der Waals surface area contributed by atoms with Crippen LogP contribution < -0.4 is 10.2 Å². The Morgan fingerprint density at radius 2 is 2.17 bits per heavy atom. The van der Waals surface area contributed by atoms with E-state index in [4.69, 9.17) is 4.98 Å². The largest absolute Gasteiger partial charge is 0.350 e. The molecule has 1 atom stereocenters. The van der Waals surface area contributed by atoms with Gasteiger partial charge in [-0.25, -0.2) is 4.98 Å². The van der Waals surface area contributed by atoms with Crippen molar-refractivity contribution in [3.05, 3.63) is 53.9 Å². The van der Waals surface area contributed by atoms with Crippen LogP contribution in [0.3, 0.4) is 0 Å². The molecule has 0 saturated carbocycles. The lowest BCUT2D eigenvalue weighted by molar-refractivity contribution is -0.122. The van der Waals surface area contributed by atoms with E-state index in [0.717, 1.165) is 40.3 Å². The van der Waals surface area contributed by atoms with Crippen LogP contribution in [0.2, 0.25) is 0 Å². The van der Waals surface area contributed by atoms with Gasteiger partial charge in [0.05, 0.1) is 27.4 Å². The van der Waals surface area contributed by atoms with E-state index in [-0.39, 0.29) is 11.9 Å². The molecule has 1 aromatic carbocycles. The van der Waals surface area contributed by atoms with Gasteiger partial charge in [0.25, 0.3) is 0 Å². The number of nitrogens with one attached hydrogen (secondary N) is 1. The highest BCUT2D eigenvalue weighted by atomic mass is 32.1. The van der Waals surface area contributed by atoms with Crippen molar-refractivity contribution < 1.29 is 4.79 Å². The smallest absolute Gasteiger partial charge is 0.243 e. The molecule has 1 saturated heterocycles. The van der Waals surface area contributed by atoms with Crippen molar-refractivity contribution >= 4 is 32.6 Å². The van der Waals surface area contributed by atoms with E-state index < -0.39 is 5.41 Å². The predicted molar refractivity (Wildman–Crippen MR) is 115 cm³/mol. The van der Waals surface area contributed by atoms with Crippen LogP contribution in [-0.2, 0) is 16.8 Å². The topological polar surface area (TPSA) is 81.9 Å². The summed E-state index contributed by atoms with van der Waals surface area (Å²) < 4.78 is 0.966. The number of thiazole rings is 1.